The number of nitrogens with one attached hydrogen (secondary N) is 1. The first-order chi connectivity index (χ1) is 6.71. The molecule has 1 atom stereocenters. The molecule has 4 fully saturated rings. The lowest BCUT2D eigenvalue weighted by molar-refractivity contribution is -0.242. The molecule has 0 spiro atoms. The van der Waals surface area contributed by atoms with E-state index in [0.717, 1.165) is 38.3 Å². The summed E-state index contributed by atoms with van der Waals surface area (Å²) in [5, 5.41) is 3.41. The Morgan fingerprint density at radius 1 is 1.43 bits per heavy atom. The Morgan fingerprint density at radius 2 is 2.14 bits per heavy atom. The minimum Gasteiger partial charge on any atom is -0.469 e. The minimum absolute atomic E-state index is 0.0327. The van der Waals surface area contributed by atoms with Crippen molar-refractivity contribution in [3.05, 3.63) is 0 Å². The van der Waals surface area contributed by atoms with Crippen molar-refractivity contribution in [2.45, 2.75) is 25.7 Å². The van der Waals surface area contributed by atoms with Crippen molar-refractivity contribution in [1.29, 1.82) is 0 Å². The van der Waals surface area contributed by atoms with E-state index in [0.29, 0.717) is 5.41 Å². The standard InChI is InChI=1S/C11H17NO2/c1-14-9(13)11-5-10(6-11,7-11)8-2-3-12-4-8/h8,12H,2-7H2,1H3. The van der Waals surface area contributed by atoms with E-state index in [4.69, 9.17) is 4.74 Å². The Hall–Kier alpha value is -0.570. The molecule has 14 heavy (non-hydrogen) atoms. The fourth-order valence-corrected chi connectivity index (χ4v) is 3.91. The van der Waals surface area contributed by atoms with Gasteiger partial charge in [-0.1, -0.05) is 0 Å². The number of hydrogen-bond acceptors (Lipinski definition) is 3. The predicted octanol–water partition coefficient (Wildman–Crippen LogP) is 0.939. The van der Waals surface area contributed by atoms with Crippen LogP contribution >= 0.6 is 0 Å². The van der Waals surface area contributed by atoms with Gasteiger partial charge in [0.15, 0.2) is 0 Å². The highest BCUT2D eigenvalue weighted by molar-refractivity contribution is 5.81. The maximum absolute atomic E-state index is 11.5. The van der Waals surface area contributed by atoms with Gasteiger partial charge in [-0.2, -0.15) is 0 Å². The number of carbonyl (C=O) groups is 1. The van der Waals surface area contributed by atoms with Crippen LogP contribution in [0, 0.1) is 16.7 Å². The molecule has 0 amide bonds. The van der Waals surface area contributed by atoms with E-state index in [1.807, 2.05) is 0 Å². The molecule has 0 radical (unpaired) electrons. The van der Waals surface area contributed by atoms with Gasteiger partial charge in [0.25, 0.3) is 0 Å². The summed E-state index contributed by atoms with van der Waals surface area (Å²) in [6.07, 6.45) is 4.59. The van der Waals surface area contributed by atoms with Crippen LogP contribution < -0.4 is 5.32 Å². The maximum atomic E-state index is 11.5. The second-order valence-corrected chi connectivity index (χ2v) is 5.35. The first kappa shape index (κ1) is 8.72. The van der Waals surface area contributed by atoms with Crippen LogP contribution in [-0.4, -0.2) is 26.2 Å². The van der Waals surface area contributed by atoms with Crippen LogP contribution in [0.1, 0.15) is 25.7 Å². The monoisotopic (exact) mass is 195 g/mol. The molecule has 1 heterocycles. The van der Waals surface area contributed by atoms with Gasteiger partial charge in [-0.25, -0.2) is 0 Å². The van der Waals surface area contributed by atoms with Crippen molar-refractivity contribution in [3.63, 3.8) is 0 Å². The summed E-state index contributed by atoms with van der Waals surface area (Å²) >= 11 is 0. The molecule has 78 valence electrons. The smallest absolute Gasteiger partial charge is 0.311 e. The van der Waals surface area contributed by atoms with Crippen LogP contribution in [0.5, 0.6) is 0 Å². The van der Waals surface area contributed by atoms with Gasteiger partial charge >= 0.3 is 5.97 Å². The average Bonchev–Trinajstić information content (AvgIpc) is 2.52. The summed E-state index contributed by atoms with van der Waals surface area (Å²) in [4.78, 5) is 11.5. The topological polar surface area (TPSA) is 38.3 Å². The van der Waals surface area contributed by atoms with E-state index in [1.54, 1.807) is 0 Å². The van der Waals surface area contributed by atoms with Gasteiger partial charge in [0.1, 0.15) is 0 Å². The number of rotatable bonds is 2. The Kier molecular flexibility index (Phi) is 1.56. The van der Waals surface area contributed by atoms with Gasteiger partial charge in [0.05, 0.1) is 12.5 Å². The zero-order chi connectivity index (χ0) is 9.81. The number of methoxy groups -OCH3 is 1. The van der Waals surface area contributed by atoms with Crippen molar-refractivity contribution in [2.24, 2.45) is 16.7 Å². The van der Waals surface area contributed by atoms with Crippen LogP contribution in [0.15, 0.2) is 0 Å². The number of carbonyl (C=O) groups excluding carboxylic acids is 1. The fraction of sp³-hybridized carbons (Fsp3) is 0.909. The zero-order valence-corrected chi connectivity index (χ0v) is 8.64. The lowest BCUT2D eigenvalue weighted by Gasteiger charge is -2.71. The largest absolute Gasteiger partial charge is 0.469 e. The predicted molar refractivity (Wildman–Crippen MR) is 51.7 cm³/mol. The van der Waals surface area contributed by atoms with E-state index < -0.39 is 0 Å². The molecular formula is C11H17NO2. The molecule has 3 aliphatic carbocycles. The molecular weight excluding hydrogens is 178 g/mol. The number of ether oxygens (including phenoxy) is 1. The molecule has 1 N–H and O–H groups in total. The minimum atomic E-state index is -0.0443. The fourth-order valence-electron chi connectivity index (χ4n) is 3.91. The van der Waals surface area contributed by atoms with E-state index in [1.165, 1.54) is 13.5 Å². The van der Waals surface area contributed by atoms with E-state index in [9.17, 15) is 4.79 Å². The average molecular weight is 195 g/mol. The molecule has 1 aliphatic heterocycles. The lowest BCUT2D eigenvalue weighted by atomic mass is 9.32. The van der Waals surface area contributed by atoms with E-state index in [2.05, 4.69) is 5.32 Å². The first-order valence-corrected chi connectivity index (χ1v) is 5.50. The Labute approximate surface area is 84.2 Å². The molecule has 1 saturated heterocycles. The molecule has 0 aromatic heterocycles. The summed E-state index contributed by atoms with van der Waals surface area (Å²) in [7, 11) is 1.51. The zero-order valence-electron chi connectivity index (χ0n) is 8.64. The summed E-state index contributed by atoms with van der Waals surface area (Å²) in [5.41, 5.74) is 0.481. The molecule has 3 heteroatoms. The van der Waals surface area contributed by atoms with Crippen LogP contribution in [0.4, 0.5) is 0 Å². The van der Waals surface area contributed by atoms with Crippen molar-refractivity contribution in [2.75, 3.05) is 20.2 Å². The van der Waals surface area contributed by atoms with Crippen molar-refractivity contribution < 1.29 is 9.53 Å². The maximum Gasteiger partial charge on any atom is 0.311 e. The van der Waals surface area contributed by atoms with Crippen LogP contribution in [0.25, 0.3) is 0 Å². The third-order valence-corrected chi connectivity index (χ3v) is 4.62. The molecule has 3 nitrogen and oxygen atoms in total. The summed E-state index contributed by atoms with van der Waals surface area (Å²) in [6, 6.07) is 0. The van der Waals surface area contributed by atoms with Gasteiger partial charge < -0.3 is 10.1 Å². The van der Waals surface area contributed by atoms with Crippen LogP contribution in [0.2, 0.25) is 0 Å². The molecule has 3 saturated carbocycles. The van der Waals surface area contributed by atoms with Crippen molar-refractivity contribution >= 4 is 5.97 Å². The summed E-state index contributed by atoms with van der Waals surface area (Å²) in [5.74, 6) is 0.861. The molecule has 2 bridgehead atoms. The third-order valence-electron chi connectivity index (χ3n) is 4.62. The van der Waals surface area contributed by atoms with Gasteiger partial charge in [0, 0.05) is 0 Å². The highest BCUT2D eigenvalue weighted by atomic mass is 16.5. The summed E-state index contributed by atoms with van der Waals surface area (Å²) < 4.78 is 4.85. The third kappa shape index (κ3) is 0.842. The quantitative estimate of drug-likeness (QED) is 0.666. The van der Waals surface area contributed by atoms with Gasteiger partial charge in [0.2, 0.25) is 0 Å². The molecule has 0 aromatic rings. The van der Waals surface area contributed by atoms with Gasteiger partial charge in [-0.15, -0.1) is 0 Å². The molecule has 4 rings (SSSR count). The SMILES string of the molecule is COC(=O)C12CC(C3CCNC3)(C1)C2. The second kappa shape index (κ2) is 2.51. The number of hydrogen-bond donors (Lipinski definition) is 1. The normalized spacial score (nSPS) is 49.4. The molecule has 0 aromatic carbocycles. The van der Waals surface area contributed by atoms with E-state index in [-0.39, 0.29) is 11.4 Å². The summed E-state index contributed by atoms with van der Waals surface area (Å²) in [6.45, 7) is 2.33. The first-order valence-electron chi connectivity index (χ1n) is 5.50. The highest BCUT2D eigenvalue weighted by Crippen LogP contribution is 2.77. The number of esters is 1. The Morgan fingerprint density at radius 3 is 2.64 bits per heavy atom. The highest BCUT2D eigenvalue weighted by Gasteiger charge is 2.74. The Balaban J connectivity index is 1.65. The van der Waals surface area contributed by atoms with E-state index >= 15 is 0 Å². The Bertz CT molecular complexity index is 261. The van der Waals surface area contributed by atoms with Crippen LogP contribution in [0.3, 0.4) is 0 Å². The van der Waals surface area contributed by atoms with Gasteiger partial charge in [-0.05, 0) is 50.1 Å². The lowest BCUT2D eigenvalue weighted by Crippen LogP contribution is -2.68. The molecule has 4 aliphatic rings. The van der Waals surface area contributed by atoms with Crippen molar-refractivity contribution in [1.82, 2.24) is 5.32 Å². The van der Waals surface area contributed by atoms with Gasteiger partial charge in [-0.3, -0.25) is 4.79 Å². The van der Waals surface area contributed by atoms with Crippen molar-refractivity contribution in [3.8, 4) is 0 Å². The molecule has 1 unspecified atom stereocenters. The second-order valence-electron chi connectivity index (χ2n) is 5.35. The van der Waals surface area contributed by atoms with Crippen LogP contribution in [-0.2, 0) is 9.53 Å².